The highest BCUT2D eigenvalue weighted by Gasteiger charge is 2.56. The number of rotatable bonds is 14. The Kier molecular flexibility index (Phi) is 18.2. The summed E-state index contributed by atoms with van der Waals surface area (Å²) in [4.78, 5) is 0. The van der Waals surface area contributed by atoms with Crippen molar-refractivity contribution < 1.29 is 144 Å². The summed E-state index contributed by atoms with van der Waals surface area (Å²) in [6.45, 7) is -0.776. The standard InChI is InChI=1S/C36H62O29/c1-7-13(40)16(43)22(49)33(56-7)65-30-26(53)28(11(5-39)58-31(30)54)63-34-24(51)19(46)27(8(2)57-34)62-36-25(52)20(47)29(64-35-23(50)18(45)15(42)10(4-38)60-35)12(61-36)6-55-32-21(48)17(44)14(41)9(3-37)59-32/h7-54H,3-6H2,1-2H3/t7-,8-,9+,10+,11+,12+,13-,14+,15+,16+,17-,18-,19-,20+,21+,22+,23+,24+,25+,26-,27-,28+,29+,30+,31+,32+,33-,34-,35-,36-/m0/s1. The highest BCUT2D eigenvalue weighted by Crippen LogP contribution is 2.36. The second kappa shape index (κ2) is 22.3. The predicted molar refractivity (Wildman–Crippen MR) is 196 cm³/mol. The molecule has 0 unspecified atom stereocenters. The van der Waals surface area contributed by atoms with E-state index in [1.165, 1.54) is 13.8 Å². The molecule has 29 heteroatoms. The van der Waals surface area contributed by atoms with Gasteiger partial charge in [0.2, 0.25) is 0 Å². The van der Waals surface area contributed by atoms with Crippen molar-refractivity contribution in [2.24, 2.45) is 0 Å². The second-order valence-electron chi connectivity index (χ2n) is 16.8. The maximum Gasteiger partial charge on any atom is 0.187 e. The first kappa shape index (κ1) is 53.2. The molecule has 65 heavy (non-hydrogen) atoms. The first-order chi connectivity index (χ1) is 30.6. The Balaban J connectivity index is 1.16. The van der Waals surface area contributed by atoms with Crippen LogP contribution in [0.15, 0.2) is 0 Å². The zero-order chi connectivity index (χ0) is 47.9. The van der Waals surface area contributed by atoms with E-state index in [9.17, 15) is 91.9 Å². The first-order valence-corrected chi connectivity index (χ1v) is 20.8. The summed E-state index contributed by atoms with van der Waals surface area (Å²) < 4.78 is 61.6. The molecule has 0 saturated carbocycles. The van der Waals surface area contributed by atoms with E-state index in [1.807, 2.05) is 0 Å². The van der Waals surface area contributed by atoms with Gasteiger partial charge in [-0.25, -0.2) is 0 Å². The minimum absolute atomic E-state index is 0.823. The summed E-state index contributed by atoms with van der Waals surface area (Å²) >= 11 is 0. The van der Waals surface area contributed by atoms with Crippen molar-refractivity contribution in [3.63, 3.8) is 0 Å². The number of aliphatic hydroxyl groups is 18. The van der Waals surface area contributed by atoms with Crippen molar-refractivity contribution in [1.82, 2.24) is 0 Å². The molecular formula is C36H62O29. The van der Waals surface area contributed by atoms with Gasteiger partial charge in [-0.15, -0.1) is 0 Å². The summed E-state index contributed by atoms with van der Waals surface area (Å²) in [5.41, 5.74) is 0. The van der Waals surface area contributed by atoms with Crippen molar-refractivity contribution in [1.29, 1.82) is 0 Å². The molecular weight excluding hydrogens is 896 g/mol. The van der Waals surface area contributed by atoms with Crippen LogP contribution >= 0.6 is 0 Å². The van der Waals surface area contributed by atoms with Gasteiger partial charge < -0.3 is 144 Å². The Bertz CT molecular complexity index is 1470. The van der Waals surface area contributed by atoms with Crippen molar-refractivity contribution in [2.75, 3.05) is 26.4 Å². The average Bonchev–Trinajstić information content (AvgIpc) is 3.28. The van der Waals surface area contributed by atoms with Gasteiger partial charge in [0.05, 0.1) is 38.6 Å². The molecule has 0 bridgehead atoms. The lowest BCUT2D eigenvalue weighted by molar-refractivity contribution is -0.394. The molecule has 0 radical (unpaired) electrons. The molecule has 380 valence electrons. The molecule has 29 nitrogen and oxygen atoms in total. The normalized spacial score (nSPS) is 54.6. The van der Waals surface area contributed by atoms with E-state index < -0.39 is 211 Å². The fraction of sp³-hybridized carbons (Fsp3) is 1.00. The van der Waals surface area contributed by atoms with Gasteiger partial charge in [-0.3, -0.25) is 0 Å². The average molecular weight is 959 g/mol. The van der Waals surface area contributed by atoms with Gasteiger partial charge >= 0.3 is 0 Å². The van der Waals surface area contributed by atoms with Crippen LogP contribution < -0.4 is 0 Å². The summed E-state index contributed by atoms with van der Waals surface area (Å²) in [6.07, 6.45) is -53.7. The molecule has 0 aliphatic carbocycles. The summed E-state index contributed by atoms with van der Waals surface area (Å²) in [6, 6.07) is 0. The van der Waals surface area contributed by atoms with E-state index in [4.69, 9.17) is 52.1 Å². The van der Waals surface area contributed by atoms with Crippen LogP contribution in [0.25, 0.3) is 0 Å². The highest BCUT2D eigenvalue weighted by molar-refractivity contribution is 4.99. The van der Waals surface area contributed by atoms with Crippen LogP contribution in [0.5, 0.6) is 0 Å². The predicted octanol–water partition coefficient (Wildman–Crippen LogP) is -12.0. The van der Waals surface area contributed by atoms with Crippen LogP contribution in [0.1, 0.15) is 13.8 Å². The first-order valence-electron chi connectivity index (χ1n) is 20.8. The third kappa shape index (κ3) is 10.9. The zero-order valence-electron chi connectivity index (χ0n) is 34.7. The van der Waals surface area contributed by atoms with Gasteiger partial charge in [0.15, 0.2) is 37.7 Å². The van der Waals surface area contributed by atoms with E-state index in [0.29, 0.717) is 0 Å². The maximum absolute atomic E-state index is 11.4. The van der Waals surface area contributed by atoms with Gasteiger partial charge in [0.1, 0.15) is 134 Å². The number of hydrogen-bond acceptors (Lipinski definition) is 29. The monoisotopic (exact) mass is 958 g/mol. The number of ether oxygens (including phenoxy) is 11. The Morgan fingerprint density at radius 1 is 0.308 bits per heavy atom. The molecule has 0 aromatic heterocycles. The molecule has 0 aromatic rings. The van der Waals surface area contributed by atoms with Gasteiger partial charge in [-0.05, 0) is 13.8 Å². The molecule has 0 amide bonds. The van der Waals surface area contributed by atoms with Crippen LogP contribution in [0.4, 0.5) is 0 Å². The van der Waals surface area contributed by atoms with Crippen LogP contribution in [-0.4, -0.2) is 303 Å². The third-order valence-corrected chi connectivity index (χ3v) is 12.3. The van der Waals surface area contributed by atoms with E-state index in [-0.39, 0.29) is 0 Å². The molecule has 6 rings (SSSR count). The zero-order valence-corrected chi connectivity index (χ0v) is 34.7. The van der Waals surface area contributed by atoms with Crippen LogP contribution in [0, 0.1) is 0 Å². The molecule has 0 aromatic carbocycles. The summed E-state index contributed by atoms with van der Waals surface area (Å²) in [5, 5.41) is 189. The van der Waals surface area contributed by atoms with Gasteiger partial charge in [-0.2, -0.15) is 0 Å². The molecule has 6 fully saturated rings. The fourth-order valence-electron chi connectivity index (χ4n) is 8.32. The Morgan fingerprint density at radius 2 is 0.677 bits per heavy atom. The molecule has 6 saturated heterocycles. The van der Waals surface area contributed by atoms with Crippen molar-refractivity contribution in [3.05, 3.63) is 0 Å². The van der Waals surface area contributed by atoms with E-state index in [0.717, 1.165) is 0 Å². The smallest absolute Gasteiger partial charge is 0.187 e. The maximum atomic E-state index is 11.4. The lowest BCUT2D eigenvalue weighted by Crippen LogP contribution is -2.67. The van der Waals surface area contributed by atoms with Crippen molar-refractivity contribution in [2.45, 2.75) is 198 Å². The van der Waals surface area contributed by atoms with Gasteiger partial charge in [0.25, 0.3) is 0 Å². The van der Waals surface area contributed by atoms with E-state index in [1.54, 1.807) is 0 Å². The third-order valence-electron chi connectivity index (χ3n) is 12.3. The second-order valence-corrected chi connectivity index (χ2v) is 16.8. The quantitative estimate of drug-likeness (QED) is 0.0768. The molecule has 18 N–H and O–H groups in total. The Hall–Kier alpha value is -1.16. The van der Waals surface area contributed by atoms with Crippen LogP contribution in [-0.2, 0) is 52.1 Å². The lowest BCUT2D eigenvalue weighted by atomic mass is 9.95. The highest BCUT2D eigenvalue weighted by atomic mass is 16.8. The van der Waals surface area contributed by atoms with Crippen molar-refractivity contribution in [3.8, 4) is 0 Å². The minimum atomic E-state index is -2.14. The van der Waals surface area contributed by atoms with Crippen LogP contribution in [0.2, 0.25) is 0 Å². The molecule has 6 aliphatic rings. The summed E-state index contributed by atoms with van der Waals surface area (Å²) in [5.74, 6) is 0. The van der Waals surface area contributed by atoms with Crippen molar-refractivity contribution >= 4 is 0 Å². The summed E-state index contributed by atoms with van der Waals surface area (Å²) in [7, 11) is 0. The largest absolute Gasteiger partial charge is 0.394 e. The molecule has 30 atom stereocenters. The Morgan fingerprint density at radius 3 is 1.20 bits per heavy atom. The Labute approximate surface area is 368 Å². The van der Waals surface area contributed by atoms with Crippen LogP contribution in [0.3, 0.4) is 0 Å². The lowest BCUT2D eigenvalue weighted by Gasteiger charge is -2.49. The fourth-order valence-corrected chi connectivity index (χ4v) is 8.32. The minimum Gasteiger partial charge on any atom is -0.394 e. The van der Waals surface area contributed by atoms with Gasteiger partial charge in [-0.1, -0.05) is 0 Å². The number of aliphatic hydroxyl groups excluding tert-OH is 18. The van der Waals surface area contributed by atoms with E-state index >= 15 is 0 Å². The topological polar surface area (TPSA) is 466 Å². The SMILES string of the molecule is C[C@@H]1O[C@@H](O[C@@H]2[C@@H](O)[C@H](O[C@@H]3O[C@@H](C)[C@H](O[C@@H]4O[C@H](CO[C@@H]5O[C@H](CO)[C@@H](O)[C@H](O)[C@H]5O)[C@@H](O[C@@H]5O[C@H](CO)[C@@H](O)[C@H](O)[C@H]5O)[C@H](O)[C@H]4O)[C@@H](O)[C@H]3O)[C@@H](CO)O[C@H]2O)[C@H](O)[C@H](O)[C@H]1O. The van der Waals surface area contributed by atoms with E-state index in [2.05, 4.69) is 0 Å². The molecule has 6 heterocycles. The molecule has 6 aliphatic heterocycles. The van der Waals surface area contributed by atoms with Gasteiger partial charge in [0, 0.05) is 0 Å². The number of hydrogen-bond donors (Lipinski definition) is 18. The molecule has 0 spiro atoms.